The van der Waals surface area contributed by atoms with E-state index in [4.69, 9.17) is 16.7 Å². The summed E-state index contributed by atoms with van der Waals surface area (Å²) in [6.07, 6.45) is 3.71. The van der Waals surface area contributed by atoms with Crippen LogP contribution >= 0.6 is 11.6 Å². The van der Waals surface area contributed by atoms with Gasteiger partial charge in [0.1, 0.15) is 16.9 Å². The molecule has 1 atom stereocenters. The zero-order chi connectivity index (χ0) is 24.7. The molecule has 0 bridgehead atoms. The fourth-order valence-electron chi connectivity index (χ4n) is 4.03. The first-order valence-corrected chi connectivity index (χ1v) is 11.5. The minimum absolute atomic E-state index is 0.373. The number of hydrogen-bond donors (Lipinski definition) is 1. The Morgan fingerprint density at radius 1 is 1.00 bits per heavy atom. The lowest BCUT2D eigenvalue weighted by Gasteiger charge is -2.16. The lowest BCUT2D eigenvalue weighted by atomic mass is 10.2. The Morgan fingerprint density at radius 3 is 2.43 bits per heavy atom. The number of fused-ring (bicyclic) bond motifs is 1. The van der Waals surface area contributed by atoms with Gasteiger partial charge >= 0.3 is 0 Å². The van der Waals surface area contributed by atoms with Crippen LogP contribution in [-0.2, 0) is 4.79 Å². The normalized spacial score (nSPS) is 12.1. The summed E-state index contributed by atoms with van der Waals surface area (Å²) < 4.78 is 4.79. The third-order valence-electron chi connectivity index (χ3n) is 5.94. The van der Waals surface area contributed by atoms with Crippen LogP contribution in [0.2, 0.25) is 5.02 Å². The molecule has 3 aromatic heterocycles. The molecule has 0 unspecified atom stereocenters. The van der Waals surface area contributed by atoms with Gasteiger partial charge in [0.15, 0.2) is 5.82 Å². The highest BCUT2D eigenvalue weighted by Crippen LogP contribution is 2.26. The monoisotopic (exact) mass is 486 g/mol. The Hall–Kier alpha value is -4.17. The van der Waals surface area contributed by atoms with Crippen molar-refractivity contribution in [3.63, 3.8) is 0 Å². The molecule has 5 aromatic rings. The molecule has 0 aliphatic carbocycles. The highest BCUT2D eigenvalue weighted by atomic mass is 35.5. The molecule has 0 radical (unpaired) electrons. The molecular formula is C26H23ClN6O2. The maximum absolute atomic E-state index is 13.8. The average Bonchev–Trinajstić information content (AvgIpc) is 3.52. The Labute approximate surface area is 206 Å². The molecule has 0 spiro atoms. The van der Waals surface area contributed by atoms with Crippen LogP contribution < -0.4 is 10.9 Å². The quantitative estimate of drug-likeness (QED) is 0.385. The summed E-state index contributed by atoms with van der Waals surface area (Å²) in [7, 11) is 0. The minimum atomic E-state index is -0.874. The molecule has 1 N–H and O–H groups in total. The fourth-order valence-corrected chi connectivity index (χ4v) is 4.20. The summed E-state index contributed by atoms with van der Waals surface area (Å²) >= 11 is 6.10. The van der Waals surface area contributed by atoms with Gasteiger partial charge in [-0.2, -0.15) is 10.2 Å². The predicted molar refractivity (Wildman–Crippen MR) is 137 cm³/mol. The lowest BCUT2D eigenvalue weighted by Crippen LogP contribution is -2.34. The van der Waals surface area contributed by atoms with Crippen molar-refractivity contribution < 1.29 is 4.79 Å². The van der Waals surface area contributed by atoms with Gasteiger partial charge in [0.2, 0.25) is 5.91 Å². The van der Waals surface area contributed by atoms with Gasteiger partial charge in [0, 0.05) is 23.1 Å². The number of aromatic nitrogens is 5. The maximum atomic E-state index is 13.8. The van der Waals surface area contributed by atoms with Crippen molar-refractivity contribution in [2.45, 2.75) is 26.8 Å². The highest BCUT2D eigenvalue weighted by molar-refractivity contribution is 6.31. The molecule has 8 nitrogen and oxygen atoms in total. The van der Waals surface area contributed by atoms with Crippen LogP contribution in [0.5, 0.6) is 0 Å². The number of carbonyl (C=O) groups is 1. The van der Waals surface area contributed by atoms with E-state index in [-0.39, 0.29) is 5.91 Å². The van der Waals surface area contributed by atoms with Crippen molar-refractivity contribution in [1.29, 1.82) is 0 Å². The highest BCUT2D eigenvalue weighted by Gasteiger charge is 2.25. The zero-order valence-electron chi connectivity index (χ0n) is 19.4. The smallest absolute Gasteiger partial charge is 0.280 e. The van der Waals surface area contributed by atoms with Gasteiger partial charge < -0.3 is 9.88 Å². The number of benzene rings is 2. The van der Waals surface area contributed by atoms with E-state index >= 15 is 0 Å². The van der Waals surface area contributed by atoms with Gasteiger partial charge in [-0.05, 0) is 62.7 Å². The number of para-hydroxylation sites is 1. The summed E-state index contributed by atoms with van der Waals surface area (Å²) in [6, 6.07) is 17.7. The first-order valence-electron chi connectivity index (χ1n) is 11.1. The molecule has 5 rings (SSSR count). The summed E-state index contributed by atoms with van der Waals surface area (Å²) in [5.74, 6) is 0.209. The molecular weight excluding hydrogens is 464 g/mol. The molecule has 35 heavy (non-hydrogen) atoms. The van der Waals surface area contributed by atoms with Gasteiger partial charge in [-0.25, -0.2) is 9.36 Å². The fraction of sp³-hybridized carbons (Fsp3) is 0.154. The van der Waals surface area contributed by atoms with Gasteiger partial charge in [-0.15, -0.1) is 0 Å². The molecule has 176 valence electrons. The number of halogens is 1. The molecule has 0 saturated carbocycles. The van der Waals surface area contributed by atoms with Gasteiger partial charge in [0.05, 0.1) is 11.4 Å². The van der Waals surface area contributed by atoms with E-state index in [1.165, 1.54) is 4.68 Å². The van der Waals surface area contributed by atoms with E-state index in [2.05, 4.69) is 10.4 Å². The van der Waals surface area contributed by atoms with E-state index in [0.717, 1.165) is 11.3 Å². The van der Waals surface area contributed by atoms with Crippen LogP contribution in [0.4, 0.5) is 5.69 Å². The number of hydrogen-bond acceptors (Lipinski definition) is 4. The first kappa shape index (κ1) is 22.6. The molecule has 0 saturated heterocycles. The maximum Gasteiger partial charge on any atom is 0.280 e. The molecule has 0 aliphatic rings. The van der Waals surface area contributed by atoms with Crippen LogP contribution in [0.1, 0.15) is 24.2 Å². The number of rotatable bonds is 5. The van der Waals surface area contributed by atoms with Crippen LogP contribution in [-0.4, -0.2) is 30.0 Å². The number of anilines is 1. The second-order valence-corrected chi connectivity index (χ2v) is 8.78. The second kappa shape index (κ2) is 8.88. The standard InChI is InChI=1S/C26H23ClN6O2/c1-16-11-12-19(27)15-21(16)28-24(34)18(3)32-26(35)22-23(17(2)29-32)30-33(20-9-5-4-6-10-20)25(22)31-13-7-8-14-31/h4-15,18H,1-3H3,(H,28,34)/t18-/m0/s1. The molecule has 1 amide bonds. The van der Waals surface area contributed by atoms with Crippen molar-refractivity contribution in [2.75, 3.05) is 5.32 Å². The summed E-state index contributed by atoms with van der Waals surface area (Å²) in [4.78, 5) is 26.9. The predicted octanol–water partition coefficient (Wildman–Crippen LogP) is 4.84. The zero-order valence-corrected chi connectivity index (χ0v) is 20.2. The van der Waals surface area contributed by atoms with Crippen LogP contribution in [0, 0.1) is 13.8 Å². The van der Waals surface area contributed by atoms with E-state index in [1.54, 1.807) is 30.7 Å². The lowest BCUT2D eigenvalue weighted by molar-refractivity contribution is -0.119. The molecule has 3 heterocycles. The minimum Gasteiger partial charge on any atom is -0.324 e. The van der Waals surface area contributed by atoms with Crippen molar-refractivity contribution in [3.05, 3.63) is 99.7 Å². The topological polar surface area (TPSA) is 86.7 Å². The van der Waals surface area contributed by atoms with Crippen molar-refractivity contribution in [1.82, 2.24) is 24.1 Å². The van der Waals surface area contributed by atoms with E-state index in [0.29, 0.717) is 33.1 Å². The van der Waals surface area contributed by atoms with Gasteiger partial charge in [-0.1, -0.05) is 35.9 Å². The van der Waals surface area contributed by atoms with Crippen molar-refractivity contribution >= 4 is 34.1 Å². The Kier molecular flexibility index (Phi) is 5.74. The number of carbonyl (C=O) groups excluding carboxylic acids is 1. The number of nitrogens with one attached hydrogen (secondary N) is 1. The first-order chi connectivity index (χ1) is 16.8. The van der Waals surface area contributed by atoms with Crippen molar-refractivity contribution in [3.8, 4) is 11.5 Å². The van der Waals surface area contributed by atoms with Crippen LogP contribution in [0.15, 0.2) is 77.9 Å². The third kappa shape index (κ3) is 4.02. The van der Waals surface area contributed by atoms with Crippen LogP contribution in [0.3, 0.4) is 0 Å². The van der Waals surface area contributed by atoms with E-state index in [9.17, 15) is 9.59 Å². The second-order valence-electron chi connectivity index (χ2n) is 8.34. The largest absolute Gasteiger partial charge is 0.324 e. The molecule has 2 aromatic carbocycles. The van der Waals surface area contributed by atoms with Crippen molar-refractivity contribution in [2.24, 2.45) is 0 Å². The third-order valence-corrected chi connectivity index (χ3v) is 6.17. The average molecular weight is 487 g/mol. The Morgan fingerprint density at radius 2 is 1.71 bits per heavy atom. The Balaban J connectivity index is 1.66. The molecule has 0 aliphatic heterocycles. The summed E-state index contributed by atoms with van der Waals surface area (Å²) in [5.41, 5.74) is 2.88. The van der Waals surface area contributed by atoms with Crippen LogP contribution in [0.25, 0.3) is 22.4 Å². The number of aryl methyl sites for hydroxylation is 2. The number of nitrogens with zero attached hydrogens (tertiary/aromatic N) is 5. The number of amides is 1. The van der Waals surface area contributed by atoms with Gasteiger partial charge in [0.25, 0.3) is 5.56 Å². The molecule has 0 fully saturated rings. The molecule has 9 heteroatoms. The summed E-state index contributed by atoms with van der Waals surface area (Å²) in [6.45, 7) is 5.30. The van der Waals surface area contributed by atoms with Gasteiger partial charge in [-0.3, -0.25) is 9.59 Å². The van der Waals surface area contributed by atoms with E-state index in [1.807, 2.05) is 72.4 Å². The summed E-state index contributed by atoms with van der Waals surface area (Å²) in [5, 5.41) is 13.0. The van der Waals surface area contributed by atoms with E-state index < -0.39 is 11.6 Å². The Bertz CT molecular complexity index is 1600. The SMILES string of the molecule is Cc1ccc(Cl)cc1NC(=O)[C@H](C)n1nc(C)c2nn(-c3ccccc3)c(-n3cccc3)c2c1=O.